The summed E-state index contributed by atoms with van der Waals surface area (Å²) < 4.78 is 1.43. The Bertz CT molecular complexity index is 1080. The van der Waals surface area contributed by atoms with Crippen LogP contribution in [0.5, 0.6) is 0 Å². The first-order chi connectivity index (χ1) is 13.9. The fourth-order valence-electron chi connectivity index (χ4n) is 3.15. The van der Waals surface area contributed by atoms with Crippen LogP contribution in [0.2, 0.25) is 0 Å². The van der Waals surface area contributed by atoms with Crippen molar-refractivity contribution >= 4 is 17.4 Å². The van der Waals surface area contributed by atoms with Crippen LogP contribution >= 0.6 is 0 Å². The lowest BCUT2D eigenvalue weighted by atomic mass is 9.97. The number of aryl methyl sites for hydroxylation is 2. The van der Waals surface area contributed by atoms with Gasteiger partial charge in [0.15, 0.2) is 0 Å². The summed E-state index contributed by atoms with van der Waals surface area (Å²) in [7, 11) is 0. The molecule has 29 heavy (non-hydrogen) atoms. The van der Waals surface area contributed by atoms with Gasteiger partial charge in [0.25, 0.3) is 5.56 Å². The molecule has 1 aromatic carbocycles. The monoisotopic (exact) mass is 391 g/mol. The van der Waals surface area contributed by atoms with Crippen LogP contribution in [0.4, 0.5) is 11.5 Å². The molecule has 3 rings (SSSR count). The van der Waals surface area contributed by atoms with Gasteiger partial charge in [-0.2, -0.15) is 0 Å². The lowest BCUT2D eigenvalue weighted by Gasteiger charge is -2.18. The number of amides is 1. The minimum absolute atomic E-state index is 0.240. The summed E-state index contributed by atoms with van der Waals surface area (Å²) in [5, 5.41) is 2.84. The highest BCUT2D eigenvalue weighted by Crippen LogP contribution is 2.20. The zero-order valence-corrected chi connectivity index (χ0v) is 16.8. The number of nitrogen functional groups attached to an aromatic ring is 1. The van der Waals surface area contributed by atoms with Crippen molar-refractivity contribution in [1.29, 1.82) is 0 Å². The Morgan fingerprint density at radius 2 is 1.86 bits per heavy atom. The Hall–Kier alpha value is -3.61. The zero-order chi connectivity index (χ0) is 21.0. The van der Waals surface area contributed by atoms with Crippen LogP contribution in [0.1, 0.15) is 35.2 Å². The molecule has 0 spiro atoms. The number of carbonyl (C=O) groups excluding carboxylic acids is 1. The Morgan fingerprint density at radius 1 is 1.14 bits per heavy atom. The molecule has 0 saturated heterocycles. The smallest absolute Gasteiger partial charge is 0.273 e. The molecule has 0 fully saturated rings. The molecule has 0 aliphatic carbocycles. The van der Waals surface area contributed by atoms with Gasteiger partial charge in [-0.1, -0.05) is 30.3 Å². The lowest BCUT2D eigenvalue weighted by molar-refractivity contribution is -0.117. The van der Waals surface area contributed by atoms with Crippen molar-refractivity contribution in [2.75, 3.05) is 16.5 Å². The molecular formula is C22H25N5O2. The highest BCUT2D eigenvalue weighted by molar-refractivity contribution is 5.96. The van der Waals surface area contributed by atoms with E-state index in [0.29, 0.717) is 29.3 Å². The van der Waals surface area contributed by atoms with E-state index >= 15 is 0 Å². The number of aromatic nitrogens is 2. The highest BCUT2D eigenvalue weighted by atomic mass is 16.2. The van der Waals surface area contributed by atoms with Crippen molar-refractivity contribution in [3.63, 3.8) is 0 Å². The quantitative estimate of drug-likeness (QED) is 0.600. The molecule has 1 unspecified atom stereocenters. The van der Waals surface area contributed by atoms with Crippen LogP contribution in [0, 0.1) is 13.8 Å². The summed E-state index contributed by atoms with van der Waals surface area (Å²) in [5.41, 5.74) is 12.0. The maximum absolute atomic E-state index is 13.0. The van der Waals surface area contributed by atoms with E-state index in [1.54, 1.807) is 32.2 Å². The number of pyridine rings is 2. The molecule has 0 aliphatic heterocycles. The summed E-state index contributed by atoms with van der Waals surface area (Å²) in [6.07, 6.45) is 1.68. The van der Waals surface area contributed by atoms with Gasteiger partial charge in [0.05, 0.1) is 23.8 Å². The molecule has 0 bridgehead atoms. The third kappa shape index (κ3) is 4.63. The third-order valence-electron chi connectivity index (χ3n) is 4.84. The number of anilines is 2. The summed E-state index contributed by atoms with van der Waals surface area (Å²) in [6.45, 7) is 5.82. The number of nitrogens with two attached hydrogens (primary N) is 1. The summed E-state index contributed by atoms with van der Waals surface area (Å²) in [4.78, 5) is 30.0. The van der Waals surface area contributed by atoms with Gasteiger partial charge in [-0.05, 0) is 50.1 Å². The zero-order valence-electron chi connectivity index (χ0n) is 16.8. The number of carbonyl (C=O) groups is 1. The normalized spacial score (nSPS) is 11.7. The first-order valence-electron chi connectivity index (χ1n) is 9.40. The summed E-state index contributed by atoms with van der Waals surface area (Å²) >= 11 is 0. The fourth-order valence-corrected chi connectivity index (χ4v) is 3.15. The molecule has 2 aromatic heterocycles. The van der Waals surface area contributed by atoms with Gasteiger partial charge < -0.3 is 16.5 Å². The first kappa shape index (κ1) is 20.1. The third-order valence-corrected chi connectivity index (χ3v) is 4.84. The maximum Gasteiger partial charge on any atom is 0.273 e. The van der Waals surface area contributed by atoms with Crippen molar-refractivity contribution in [3.05, 3.63) is 87.5 Å². The second kappa shape index (κ2) is 8.60. The first-order valence-corrected chi connectivity index (χ1v) is 9.40. The number of rotatable bonds is 6. The molecule has 4 N–H and O–H groups in total. The maximum atomic E-state index is 13.0. The fraction of sp³-hybridized carbons (Fsp3) is 0.227. The predicted octanol–water partition coefficient (Wildman–Crippen LogP) is 2.93. The molecule has 3 aromatic rings. The average Bonchev–Trinajstić information content (AvgIpc) is 2.70. The van der Waals surface area contributed by atoms with Crippen molar-refractivity contribution in [2.24, 2.45) is 0 Å². The largest absolute Gasteiger partial charge is 0.384 e. The van der Waals surface area contributed by atoms with Crippen LogP contribution in [-0.2, 0) is 11.3 Å². The van der Waals surface area contributed by atoms with Crippen LogP contribution in [-0.4, -0.2) is 15.6 Å². The molecule has 2 heterocycles. The van der Waals surface area contributed by atoms with Crippen molar-refractivity contribution < 1.29 is 4.79 Å². The highest BCUT2D eigenvalue weighted by Gasteiger charge is 2.22. The molecule has 1 amide bonds. The van der Waals surface area contributed by atoms with E-state index in [0.717, 1.165) is 11.1 Å². The van der Waals surface area contributed by atoms with Gasteiger partial charge in [0, 0.05) is 11.8 Å². The van der Waals surface area contributed by atoms with Crippen molar-refractivity contribution in [2.45, 2.75) is 33.2 Å². The molecular weight excluding hydrogens is 366 g/mol. The molecule has 150 valence electrons. The standard InChI is InChI=1S/C22H25N5O2/c1-14-11-12-27(24-13-17-7-5-4-6-8-17)22(29)20(14)15(2)21(28)26-18-9-10-19(23)25-16(18)3/h4-12,15,24H,13H2,1-3H3,(H2,23,25)(H,26,28). The molecule has 1 atom stereocenters. The van der Waals surface area contributed by atoms with Gasteiger partial charge >= 0.3 is 0 Å². The number of hydrogen-bond donors (Lipinski definition) is 3. The van der Waals surface area contributed by atoms with Crippen molar-refractivity contribution in [1.82, 2.24) is 9.66 Å². The van der Waals surface area contributed by atoms with E-state index in [1.807, 2.05) is 43.3 Å². The molecule has 7 heteroatoms. The van der Waals surface area contributed by atoms with Crippen molar-refractivity contribution in [3.8, 4) is 0 Å². The van der Waals surface area contributed by atoms with Crippen LogP contribution in [0.25, 0.3) is 0 Å². The average molecular weight is 391 g/mol. The van der Waals surface area contributed by atoms with E-state index in [-0.39, 0.29) is 11.5 Å². The van der Waals surface area contributed by atoms with Gasteiger partial charge in [-0.25, -0.2) is 9.66 Å². The molecule has 0 aliphatic rings. The van der Waals surface area contributed by atoms with Gasteiger partial charge in [-0.3, -0.25) is 9.59 Å². The van der Waals surface area contributed by atoms with Gasteiger partial charge in [0.1, 0.15) is 5.82 Å². The van der Waals surface area contributed by atoms with E-state index in [9.17, 15) is 9.59 Å². The van der Waals surface area contributed by atoms with E-state index in [4.69, 9.17) is 5.73 Å². The second-order valence-corrected chi connectivity index (χ2v) is 6.99. The summed E-state index contributed by atoms with van der Waals surface area (Å²) in [5.74, 6) is -0.522. The van der Waals surface area contributed by atoms with E-state index in [2.05, 4.69) is 15.7 Å². The van der Waals surface area contributed by atoms with E-state index in [1.165, 1.54) is 4.68 Å². The predicted molar refractivity (Wildman–Crippen MR) is 115 cm³/mol. The molecule has 0 radical (unpaired) electrons. The van der Waals surface area contributed by atoms with Gasteiger partial charge in [0.2, 0.25) is 5.91 Å². The Morgan fingerprint density at radius 3 is 2.55 bits per heavy atom. The minimum Gasteiger partial charge on any atom is -0.384 e. The number of hydrogen-bond acceptors (Lipinski definition) is 5. The van der Waals surface area contributed by atoms with Crippen LogP contribution < -0.4 is 22.0 Å². The minimum atomic E-state index is -0.634. The van der Waals surface area contributed by atoms with Gasteiger partial charge in [-0.15, -0.1) is 0 Å². The molecule has 7 nitrogen and oxygen atoms in total. The number of nitrogens with zero attached hydrogens (tertiary/aromatic N) is 2. The topological polar surface area (TPSA) is 102 Å². The Kier molecular flexibility index (Phi) is 5.97. The Balaban J connectivity index is 1.81. The van der Waals surface area contributed by atoms with Crippen LogP contribution in [0.15, 0.2) is 59.5 Å². The SMILES string of the molecule is Cc1ccn(NCc2ccccc2)c(=O)c1C(C)C(=O)Nc1ccc(N)nc1C. The molecule has 0 saturated carbocycles. The van der Waals surface area contributed by atoms with E-state index < -0.39 is 5.92 Å². The number of benzene rings is 1. The lowest BCUT2D eigenvalue weighted by Crippen LogP contribution is -2.34. The van der Waals surface area contributed by atoms with Crippen LogP contribution in [0.3, 0.4) is 0 Å². The Labute approximate surface area is 169 Å². The number of nitrogens with one attached hydrogen (secondary N) is 2. The second-order valence-electron chi connectivity index (χ2n) is 6.99. The summed E-state index contributed by atoms with van der Waals surface area (Å²) in [6, 6.07) is 15.0.